The second-order valence-electron chi connectivity index (χ2n) is 14.6. The van der Waals surface area contributed by atoms with Crippen LogP contribution in [-0.2, 0) is 12.8 Å². The van der Waals surface area contributed by atoms with Gasteiger partial charge in [0, 0.05) is 0 Å². The predicted octanol–water partition coefficient (Wildman–Crippen LogP) is 14.1. The molecule has 0 aliphatic rings. The fourth-order valence-electron chi connectivity index (χ4n) is 7.87. The van der Waals surface area contributed by atoms with Crippen LogP contribution in [0.3, 0.4) is 0 Å². The van der Waals surface area contributed by atoms with Crippen molar-refractivity contribution in [1.82, 2.24) is 0 Å². The van der Waals surface area contributed by atoms with Crippen LogP contribution >= 0.6 is 0 Å². The van der Waals surface area contributed by atoms with Gasteiger partial charge in [-0.15, -0.1) is 0 Å². The van der Waals surface area contributed by atoms with E-state index in [9.17, 15) is 0 Å². The molecule has 0 aliphatic heterocycles. The maximum absolute atomic E-state index is 2.58. The molecule has 0 radical (unpaired) electrons. The van der Waals surface area contributed by atoms with Crippen molar-refractivity contribution in [3.05, 3.63) is 83.9 Å². The molecule has 0 fully saturated rings. The third-order valence-corrected chi connectivity index (χ3v) is 15.4. The first-order valence-corrected chi connectivity index (χ1v) is 22.8. The van der Waals surface area contributed by atoms with Gasteiger partial charge in [0.05, 0.1) is 0 Å². The number of unbranched alkanes of at least 4 members (excludes halogenated alkanes) is 14. The Morgan fingerprint density at radius 3 is 1.10 bits per heavy atom. The zero-order valence-electron chi connectivity index (χ0n) is 29.5. The Kier molecular flexibility index (Phi) is 11.8. The van der Waals surface area contributed by atoms with Crippen molar-refractivity contribution < 1.29 is 0 Å². The average molecular weight is 765 g/mol. The minimum absolute atomic E-state index is 0.374. The van der Waals surface area contributed by atoms with Gasteiger partial charge in [-0.3, -0.25) is 0 Å². The summed E-state index contributed by atoms with van der Waals surface area (Å²) in [5.74, 6) is 0. The van der Waals surface area contributed by atoms with Gasteiger partial charge in [-0.1, -0.05) is 39.5 Å². The van der Waals surface area contributed by atoms with Crippen LogP contribution in [0, 0.1) is 0 Å². The molecule has 0 bridgehead atoms. The van der Waals surface area contributed by atoms with E-state index in [-0.39, 0.29) is 0 Å². The van der Waals surface area contributed by atoms with Crippen LogP contribution in [0.5, 0.6) is 0 Å². The number of hydrogen-bond acceptors (Lipinski definition) is 0. The van der Waals surface area contributed by atoms with Gasteiger partial charge in [0.2, 0.25) is 0 Å². The summed E-state index contributed by atoms with van der Waals surface area (Å²) >= 11 is 0.747. The van der Waals surface area contributed by atoms with E-state index in [2.05, 4.69) is 86.6 Å². The number of benzene rings is 5. The van der Waals surface area contributed by atoms with E-state index in [1.54, 1.807) is 17.0 Å². The molecule has 7 aromatic rings. The first kappa shape index (κ1) is 34.1. The summed E-state index contributed by atoms with van der Waals surface area (Å²) in [6.07, 6.45) is 24.6. The molecule has 250 valence electrons. The van der Waals surface area contributed by atoms with E-state index < -0.39 is 0 Å². The van der Waals surface area contributed by atoms with Gasteiger partial charge in [-0.2, -0.15) is 0 Å². The Morgan fingerprint density at radius 2 is 0.688 bits per heavy atom. The molecule has 7 rings (SSSR count). The van der Waals surface area contributed by atoms with Crippen molar-refractivity contribution in [2.75, 3.05) is 0 Å². The van der Waals surface area contributed by atoms with Crippen molar-refractivity contribution in [3.8, 4) is 0 Å². The predicted molar refractivity (Wildman–Crippen MR) is 218 cm³/mol. The molecule has 0 unspecified atom stereocenters. The van der Waals surface area contributed by atoms with E-state index in [0.29, 0.717) is 29.0 Å². The average Bonchev–Trinajstić information content (AvgIpc) is 3.63. The molecular formula is C46H54Se2. The quantitative estimate of drug-likeness (QED) is 0.0603. The van der Waals surface area contributed by atoms with Gasteiger partial charge in [-0.05, 0) is 0 Å². The zero-order valence-corrected chi connectivity index (χ0v) is 32.9. The molecule has 5 aromatic carbocycles. The van der Waals surface area contributed by atoms with Gasteiger partial charge in [-0.25, -0.2) is 0 Å². The molecule has 0 atom stereocenters. The molecule has 0 saturated carbocycles. The number of hydrogen-bond donors (Lipinski definition) is 0. The fourth-order valence-corrected chi connectivity index (χ4v) is 12.7. The SMILES string of the molecule is CCCCCCCCCCc1ccc2cc3c(cc2c1)[se]c1cc2c(cc13)[se]c1cc3cc(CCCCCCCCCC)ccc3cc12. The van der Waals surface area contributed by atoms with Crippen LogP contribution in [0.25, 0.3) is 60.1 Å². The van der Waals surface area contributed by atoms with Crippen LogP contribution in [0.15, 0.2) is 72.8 Å². The topological polar surface area (TPSA) is 0 Å². The summed E-state index contributed by atoms with van der Waals surface area (Å²) < 4.78 is 6.31. The standard InChI is InChI=1S/C46H54Se2/c1-3-5-7-9-11-13-15-17-19-33-21-23-35-27-39-41-31-46-42(32-45(41)47-43(39)29-37(35)25-33)40-28-36-24-22-34(26-38(36)30-44(40)48-46)20-18-16-14-12-10-8-6-4-2/h21-32H,3-20H2,1-2H3. The molecule has 0 saturated heterocycles. The summed E-state index contributed by atoms with van der Waals surface area (Å²) in [5.41, 5.74) is 3.03. The fraction of sp³-hybridized carbons (Fsp3) is 0.435. The third-order valence-electron chi connectivity index (χ3n) is 10.7. The van der Waals surface area contributed by atoms with Gasteiger partial charge in [0.15, 0.2) is 0 Å². The Morgan fingerprint density at radius 1 is 0.333 bits per heavy atom. The van der Waals surface area contributed by atoms with Crippen LogP contribution < -0.4 is 0 Å². The minimum atomic E-state index is 0.374. The molecule has 0 amide bonds. The van der Waals surface area contributed by atoms with Crippen molar-refractivity contribution in [2.24, 2.45) is 0 Å². The molecular weight excluding hydrogens is 710 g/mol. The maximum atomic E-state index is 2.58. The molecule has 0 spiro atoms. The Balaban J connectivity index is 1.06. The molecule has 0 N–H and O–H groups in total. The summed E-state index contributed by atoms with van der Waals surface area (Å²) in [6, 6.07) is 29.8. The molecule has 48 heavy (non-hydrogen) atoms. The number of fused-ring (bicyclic) bond motifs is 8. The third kappa shape index (κ3) is 8.00. The first-order valence-electron chi connectivity index (χ1n) is 19.4. The monoisotopic (exact) mass is 766 g/mol. The van der Waals surface area contributed by atoms with E-state index >= 15 is 0 Å². The summed E-state index contributed by atoms with van der Waals surface area (Å²) in [7, 11) is 0. The zero-order chi connectivity index (χ0) is 32.7. The van der Waals surface area contributed by atoms with Gasteiger partial charge in [0.1, 0.15) is 0 Å². The second-order valence-corrected chi connectivity index (χ2v) is 19.1. The van der Waals surface area contributed by atoms with Crippen molar-refractivity contribution in [3.63, 3.8) is 0 Å². The number of aryl methyl sites for hydroxylation is 2. The second kappa shape index (κ2) is 16.6. The van der Waals surface area contributed by atoms with Gasteiger partial charge in [0.25, 0.3) is 0 Å². The summed E-state index contributed by atoms with van der Waals surface area (Å²) in [6.45, 7) is 4.60. The van der Waals surface area contributed by atoms with E-state index in [1.807, 2.05) is 0 Å². The molecule has 2 aromatic heterocycles. The van der Waals surface area contributed by atoms with Crippen LogP contribution in [0.4, 0.5) is 0 Å². The summed E-state index contributed by atoms with van der Waals surface area (Å²) in [5, 5.41) is 11.7. The van der Waals surface area contributed by atoms with E-state index in [4.69, 9.17) is 0 Å². The first-order chi connectivity index (χ1) is 23.7. The Labute approximate surface area is 300 Å². The molecule has 0 nitrogen and oxygen atoms in total. The molecule has 0 aliphatic carbocycles. The van der Waals surface area contributed by atoms with Gasteiger partial charge >= 0.3 is 263 Å². The molecule has 2 heterocycles. The van der Waals surface area contributed by atoms with Gasteiger partial charge < -0.3 is 0 Å². The Hall–Kier alpha value is -2.34. The molecule has 2 heteroatoms. The Bertz CT molecular complexity index is 1970. The van der Waals surface area contributed by atoms with Crippen molar-refractivity contribution >= 4 is 89.1 Å². The van der Waals surface area contributed by atoms with Crippen molar-refractivity contribution in [1.29, 1.82) is 0 Å². The van der Waals surface area contributed by atoms with E-state index in [0.717, 1.165) is 0 Å². The normalized spacial score (nSPS) is 12.2. The van der Waals surface area contributed by atoms with Crippen molar-refractivity contribution in [2.45, 2.75) is 129 Å². The summed E-state index contributed by atoms with van der Waals surface area (Å²) in [4.78, 5) is 0. The van der Waals surface area contributed by atoms with Crippen LogP contribution in [0.2, 0.25) is 0 Å². The van der Waals surface area contributed by atoms with Crippen LogP contribution in [0.1, 0.15) is 128 Å². The van der Waals surface area contributed by atoms with Crippen LogP contribution in [-0.4, -0.2) is 29.0 Å². The van der Waals surface area contributed by atoms with E-state index in [1.165, 1.54) is 170 Å². The number of rotatable bonds is 18.